The average molecular weight is 757 g/mol. The Morgan fingerprint density at radius 3 is 1.36 bits per heavy atom. The molecule has 1 aromatic heterocycles. The Morgan fingerprint density at radius 2 is 0.810 bits per heavy atom. The molecule has 1 aliphatic heterocycles. The van der Waals surface area contributed by atoms with Crippen LogP contribution in [0.3, 0.4) is 0 Å². The molecule has 1 aliphatic carbocycles. The first-order valence-electron chi connectivity index (χ1n) is 19.3. The zero-order chi connectivity index (χ0) is 38.6. The first kappa shape index (κ1) is 33.9. The summed E-state index contributed by atoms with van der Waals surface area (Å²) >= 11 is 1.85. The Balaban J connectivity index is 1.18. The van der Waals surface area contributed by atoms with Crippen molar-refractivity contribution in [3.05, 3.63) is 222 Å². The third-order valence-corrected chi connectivity index (χ3v) is 12.6. The van der Waals surface area contributed by atoms with Crippen LogP contribution in [0.2, 0.25) is 0 Å². The molecule has 0 amide bonds. The highest BCUT2D eigenvalue weighted by molar-refractivity contribution is 7.99. The molecule has 1 spiro atoms. The van der Waals surface area contributed by atoms with Crippen molar-refractivity contribution in [2.45, 2.75) is 15.2 Å². The number of aromatic nitrogens is 3. The van der Waals surface area contributed by atoms with Crippen LogP contribution in [0, 0.1) is 11.3 Å². The zero-order valence-electron chi connectivity index (χ0n) is 31.2. The Morgan fingerprint density at radius 1 is 0.379 bits per heavy atom. The summed E-state index contributed by atoms with van der Waals surface area (Å²) in [5.74, 6) is 1.88. The minimum Gasteiger partial charge on any atom is -0.208 e. The number of hydrogen-bond acceptors (Lipinski definition) is 5. The molecule has 5 heteroatoms. The molecule has 0 saturated carbocycles. The third-order valence-electron chi connectivity index (χ3n) is 11.4. The van der Waals surface area contributed by atoms with Crippen molar-refractivity contribution in [2.24, 2.45) is 0 Å². The van der Waals surface area contributed by atoms with Crippen LogP contribution in [0.5, 0.6) is 0 Å². The predicted octanol–water partition coefficient (Wildman–Crippen LogP) is 12.9. The molecular weight excluding hydrogens is 725 g/mol. The van der Waals surface area contributed by atoms with Gasteiger partial charge < -0.3 is 0 Å². The summed E-state index contributed by atoms with van der Waals surface area (Å²) in [7, 11) is 0. The van der Waals surface area contributed by atoms with E-state index in [0.29, 0.717) is 23.0 Å². The zero-order valence-corrected chi connectivity index (χ0v) is 32.0. The summed E-state index contributed by atoms with van der Waals surface area (Å²) in [4.78, 5) is 17.6. The van der Waals surface area contributed by atoms with Gasteiger partial charge in [-0.15, -0.1) is 0 Å². The van der Waals surface area contributed by atoms with Gasteiger partial charge in [-0.05, 0) is 86.0 Å². The molecule has 0 N–H and O–H groups in total. The van der Waals surface area contributed by atoms with Crippen LogP contribution in [0.15, 0.2) is 204 Å². The molecule has 0 fully saturated rings. The van der Waals surface area contributed by atoms with Crippen molar-refractivity contribution in [3.63, 3.8) is 0 Å². The highest BCUT2D eigenvalue weighted by Gasteiger charge is 2.51. The Kier molecular flexibility index (Phi) is 7.99. The van der Waals surface area contributed by atoms with Gasteiger partial charge in [0.25, 0.3) is 0 Å². The fourth-order valence-electron chi connectivity index (χ4n) is 8.96. The molecule has 8 aromatic carbocycles. The molecule has 0 atom stereocenters. The summed E-state index contributed by atoms with van der Waals surface area (Å²) < 4.78 is 0. The second-order valence-electron chi connectivity index (χ2n) is 14.6. The summed E-state index contributed by atoms with van der Waals surface area (Å²) in [6.45, 7) is 0. The van der Waals surface area contributed by atoms with Crippen LogP contribution in [0.4, 0.5) is 0 Å². The van der Waals surface area contributed by atoms with Gasteiger partial charge in [0.15, 0.2) is 17.5 Å². The molecule has 9 aromatic rings. The second kappa shape index (κ2) is 13.7. The van der Waals surface area contributed by atoms with Crippen molar-refractivity contribution < 1.29 is 0 Å². The first-order valence-corrected chi connectivity index (χ1v) is 20.1. The molecule has 58 heavy (non-hydrogen) atoms. The molecular formula is C53H32N4S. The van der Waals surface area contributed by atoms with Crippen LogP contribution in [-0.4, -0.2) is 15.0 Å². The molecule has 4 nitrogen and oxygen atoms in total. The van der Waals surface area contributed by atoms with Gasteiger partial charge in [-0.25, -0.2) is 15.0 Å². The second-order valence-corrected chi connectivity index (χ2v) is 15.7. The van der Waals surface area contributed by atoms with Gasteiger partial charge in [0.05, 0.1) is 17.0 Å². The Hall–Kier alpha value is -7.39. The van der Waals surface area contributed by atoms with Crippen LogP contribution in [0.25, 0.3) is 67.5 Å². The molecule has 0 radical (unpaired) electrons. The predicted molar refractivity (Wildman–Crippen MR) is 233 cm³/mol. The van der Waals surface area contributed by atoms with E-state index in [0.717, 1.165) is 38.9 Å². The number of rotatable bonds is 5. The fourth-order valence-corrected chi connectivity index (χ4v) is 10.1. The van der Waals surface area contributed by atoms with E-state index in [-0.39, 0.29) is 0 Å². The van der Waals surface area contributed by atoms with E-state index in [4.69, 9.17) is 15.0 Å². The lowest BCUT2D eigenvalue weighted by atomic mass is 9.67. The van der Waals surface area contributed by atoms with Crippen molar-refractivity contribution in [1.29, 1.82) is 5.26 Å². The summed E-state index contributed by atoms with van der Waals surface area (Å²) in [6, 6.07) is 70.5. The molecule has 2 aliphatic rings. The van der Waals surface area contributed by atoms with Gasteiger partial charge in [-0.1, -0.05) is 176 Å². The molecule has 11 rings (SSSR count). The van der Waals surface area contributed by atoms with E-state index in [1.807, 2.05) is 84.6 Å². The number of nitriles is 1. The minimum atomic E-state index is -0.553. The summed E-state index contributed by atoms with van der Waals surface area (Å²) in [6.07, 6.45) is 0. The maximum absolute atomic E-state index is 9.69. The minimum absolute atomic E-state index is 0.553. The van der Waals surface area contributed by atoms with Crippen molar-refractivity contribution in [2.75, 3.05) is 0 Å². The highest BCUT2D eigenvalue weighted by Crippen LogP contribution is 2.64. The average Bonchev–Trinajstić information content (AvgIpc) is 3.60. The topological polar surface area (TPSA) is 62.5 Å². The third kappa shape index (κ3) is 5.27. The maximum atomic E-state index is 9.69. The highest BCUT2D eigenvalue weighted by atomic mass is 32.2. The smallest absolute Gasteiger partial charge is 0.164 e. The van der Waals surface area contributed by atoms with Crippen LogP contribution < -0.4 is 0 Å². The van der Waals surface area contributed by atoms with Crippen LogP contribution in [-0.2, 0) is 5.41 Å². The largest absolute Gasteiger partial charge is 0.208 e. The Labute approximate surface area is 341 Å². The van der Waals surface area contributed by atoms with Gasteiger partial charge in [0.1, 0.15) is 0 Å². The van der Waals surface area contributed by atoms with Crippen LogP contribution in [0.1, 0.15) is 27.8 Å². The Bertz CT molecular complexity index is 2990. The quantitative estimate of drug-likeness (QED) is 0.175. The van der Waals surface area contributed by atoms with Crippen molar-refractivity contribution in [1.82, 2.24) is 15.0 Å². The van der Waals surface area contributed by atoms with Gasteiger partial charge in [-0.3, -0.25) is 0 Å². The van der Waals surface area contributed by atoms with E-state index < -0.39 is 5.41 Å². The van der Waals surface area contributed by atoms with Gasteiger partial charge in [0.2, 0.25) is 0 Å². The number of hydrogen-bond donors (Lipinski definition) is 0. The number of nitrogens with zero attached hydrogens (tertiary/aromatic N) is 4. The van der Waals surface area contributed by atoms with E-state index in [2.05, 4.69) is 127 Å². The molecule has 2 heterocycles. The molecule has 270 valence electrons. The molecule has 0 bridgehead atoms. The van der Waals surface area contributed by atoms with Crippen molar-refractivity contribution in [3.8, 4) is 73.6 Å². The summed E-state index contributed by atoms with van der Waals surface area (Å²) in [5, 5.41) is 9.69. The van der Waals surface area contributed by atoms with Gasteiger partial charge in [-0.2, -0.15) is 5.26 Å². The summed E-state index contributed by atoms with van der Waals surface area (Å²) in [5.41, 5.74) is 14.8. The SMILES string of the molecule is N#Cc1ccc(-c2cccc3c2-c2c(-c4cccc(-c5nc(-c6ccccc6)nc(-c6ccccc6)n5)c4)cccc2C32c3ccccc3Sc3ccccc32)cc1. The first-order chi connectivity index (χ1) is 28.7. The van der Waals surface area contributed by atoms with E-state index in [1.54, 1.807) is 0 Å². The normalized spacial score (nSPS) is 12.9. The maximum Gasteiger partial charge on any atom is 0.164 e. The monoisotopic (exact) mass is 756 g/mol. The standard InChI is InChI=1S/C53H32N4S/c54-33-34-28-30-35(31-29-34)40-20-12-24-44-48(40)49-41(21-13-25-45(49)53(44)42-22-7-9-26-46(42)58-47-27-10-8-23-43(47)53)38-18-11-19-39(32-38)52-56-50(36-14-3-1-4-15-36)55-51(57-52)37-16-5-2-6-17-37/h1-32H. The van der Waals surface area contributed by atoms with Gasteiger partial charge >= 0.3 is 0 Å². The lowest BCUT2D eigenvalue weighted by Crippen LogP contribution is -2.31. The molecule has 0 saturated heterocycles. The van der Waals surface area contributed by atoms with Gasteiger partial charge in [0, 0.05) is 26.5 Å². The van der Waals surface area contributed by atoms with E-state index in [1.165, 1.54) is 43.2 Å². The fraction of sp³-hybridized carbons (Fsp3) is 0.0189. The lowest BCUT2D eigenvalue weighted by molar-refractivity contribution is 0.722. The molecule has 0 unspecified atom stereocenters. The van der Waals surface area contributed by atoms with Crippen molar-refractivity contribution >= 4 is 11.8 Å². The lowest BCUT2D eigenvalue weighted by Gasteiger charge is -2.39. The number of benzene rings is 8. The van der Waals surface area contributed by atoms with E-state index in [9.17, 15) is 5.26 Å². The number of fused-ring (bicyclic) bond motifs is 9. The van der Waals surface area contributed by atoms with E-state index >= 15 is 0 Å². The van der Waals surface area contributed by atoms with Crippen LogP contribution >= 0.6 is 11.8 Å².